The summed E-state index contributed by atoms with van der Waals surface area (Å²) < 4.78 is 0. The highest BCUT2D eigenvalue weighted by molar-refractivity contribution is 5.94. The van der Waals surface area contributed by atoms with Crippen LogP contribution in [0.5, 0.6) is 5.75 Å². The van der Waals surface area contributed by atoms with Crippen molar-refractivity contribution in [1.29, 1.82) is 0 Å². The number of aromatic hydroxyl groups is 1. The van der Waals surface area contributed by atoms with E-state index in [2.05, 4.69) is 10.6 Å². The molecule has 0 radical (unpaired) electrons. The summed E-state index contributed by atoms with van der Waals surface area (Å²) in [6, 6.07) is 1.52. The van der Waals surface area contributed by atoms with Crippen molar-refractivity contribution in [2.75, 3.05) is 13.1 Å². The standard InChI is InChI=1S/C25H37N5O8/c26-12-2-1-4-17(27)22(34)29-19(14-15-6-8-16(31)9-7-15)23(35)28-18(10-11-21(32)33)24(36)30-13-3-5-20(30)25(37)38/h6-9,17-20,31H,1-5,10-14,26-27H2,(H,28,35)(H,29,34)(H,32,33)(H,37,38). The zero-order valence-corrected chi connectivity index (χ0v) is 21.2. The van der Waals surface area contributed by atoms with E-state index >= 15 is 0 Å². The van der Waals surface area contributed by atoms with Gasteiger partial charge in [0, 0.05) is 19.4 Å². The lowest BCUT2D eigenvalue weighted by Gasteiger charge is -2.29. The van der Waals surface area contributed by atoms with Crippen LogP contribution in [0.1, 0.15) is 50.5 Å². The summed E-state index contributed by atoms with van der Waals surface area (Å²) in [7, 11) is 0. The number of hydrogen-bond acceptors (Lipinski definition) is 8. The van der Waals surface area contributed by atoms with Crippen LogP contribution in [-0.4, -0.2) is 87.1 Å². The van der Waals surface area contributed by atoms with Crippen molar-refractivity contribution in [3.8, 4) is 5.75 Å². The third-order valence-corrected chi connectivity index (χ3v) is 6.40. The Morgan fingerprint density at radius 2 is 1.63 bits per heavy atom. The Morgan fingerprint density at radius 3 is 2.24 bits per heavy atom. The van der Waals surface area contributed by atoms with Gasteiger partial charge in [0.05, 0.1) is 6.04 Å². The first kappa shape index (κ1) is 30.5. The van der Waals surface area contributed by atoms with Crippen LogP contribution in [0.4, 0.5) is 0 Å². The van der Waals surface area contributed by atoms with Crippen molar-refractivity contribution in [2.24, 2.45) is 11.5 Å². The number of carbonyl (C=O) groups is 5. The molecule has 0 aromatic heterocycles. The average Bonchev–Trinajstić information content (AvgIpc) is 3.37. The molecule has 0 saturated carbocycles. The largest absolute Gasteiger partial charge is 0.508 e. The van der Waals surface area contributed by atoms with Gasteiger partial charge >= 0.3 is 11.9 Å². The minimum Gasteiger partial charge on any atom is -0.508 e. The molecule has 13 heteroatoms. The molecule has 1 aliphatic rings. The molecule has 9 N–H and O–H groups in total. The van der Waals surface area contributed by atoms with Gasteiger partial charge < -0.3 is 42.3 Å². The number of rotatable bonds is 15. The zero-order valence-electron chi connectivity index (χ0n) is 21.2. The van der Waals surface area contributed by atoms with Crippen LogP contribution < -0.4 is 22.1 Å². The molecule has 1 saturated heterocycles. The maximum atomic E-state index is 13.4. The molecule has 13 nitrogen and oxygen atoms in total. The first-order chi connectivity index (χ1) is 18.0. The SMILES string of the molecule is NCCCCC(N)C(=O)NC(Cc1ccc(O)cc1)C(=O)NC(CCC(=O)O)C(=O)N1CCCC1C(=O)O. The summed E-state index contributed by atoms with van der Waals surface area (Å²) in [6.07, 6.45) is 1.65. The highest BCUT2D eigenvalue weighted by Crippen LogP contribution is 2.20. The molecule has 210 valence electrons. The number of amides is 3. The molecule has 1 aliphatic heterocycles. The summed E-state index contributed by atoms with van der Waals surface area (Å²) in [5.74, 6) is -4.39. The first-order valence-electron chi connectivity index (χ1n) is 12.6. The number of carbonyl (C=O) groups excluding carboxylic acids is 3. The summed E-state index contributed by atoms with van der Waals surface area (Å²) in [5, 5.41) is 33.3. The van der Waals surface area contributed by atoms with E-state index < -0.39 is 60.2 Å². The summed E-state index contributed by atoms with van der Waals surface area (Å²) >= 11 is 0. The number of carboxylic acid groups (broad SMARTS) is 2. The lowest BCUT2D eigenvalue weighted by Crippen LogP contribution is -2.57. The zero-order chi connectivity index (χ0) is 28.2. The number of phenols is 1. The van der Waals surface area contributed by atoms with Crippen LogP contribution in [0.2, 0.25) is 0 Å². The Hall–Kier alpha value is -3.71. The fraction of sp³-hybridized carbons (Fsp3) is 0.560. The molecule has 3 amide bonds. The second-order valence-corrected chi connectivity index (χ2v) is 9.34. The highest BCUT2D eigenvalue weighted by atomic mass is 16.4. The minimum atomic E-state index is -1.31. The number of aliphatic carboxylic acids is 2. The summed E-state index contributed by atoms with van der Waals surface area (Å²) in [6.45, 7) is 0.617. The van der Waals surface area contributed by atoms with E-state index in [9.17, 15) is 34.2 Å². The number of nitrogens with one attached hydrogen (secondary N) is 2. The van der Waals surface area contributed by atoms with E-state index in [4.69, 9.17) is 16.6 Å². The maximum Gasteiger partial charge on any atom is 0.326 e. The quantitative estimate of drug-likeness (QED) is 0.140. The average molecular weight is 536 g/mol. The van der Waals surface area contributed by atoms with Crippen molar-refractivity contribution in [3.63, 3.8) is 0 Å². The minimum absolute atomic E-state index is 0.00528. The van der Waals surface area contributed by atoms with Crippen LogP contribution in [0.25, 0.3) is 0 Å². The van der Waals surface area contributed by atoms with Crippen LogP contribution in [-0.2, 0) is 30.4 Å². The van der Waals surface area contributed by atoms with Gasteiger partial charge in [0.1, 0.15) is 23.9 Å². The number of nitrogens with zero attached hydrogens (tertiary/aromatic N) is 1. The van der Waals surface area contributed by atoms with Gasteiger partial charge in [0.25, 0.3) is 0 Å². The van der Waals surface area contributed by atoms with E-state index in [-0.39, 0.29) is 31.6 Å². The van der Waals surface area contributed by atoms with Crippen molar-refractivity contribution in [3.05, 3.63) is 29.8 Å². The van der Waals surface area contributed by atoms with Gasteiger partial charge in [-0.15, -0.1) is 0 Å². The third-order valence-electron chi connectivity index (χ3n) is 6.40. The van der Waals surface area contributed by atoms with Crippen molar-refractivity contribution in [1.82, 2.24) is 15.5 Å². The van der Waals surface area contributed by atoms with E-state index in [1.165, 1.54) is 12.1 Å². The van der Waals surface area contributed by atoms with Crippen LogP contribution in [0.3, 0.4) is 0 Å². The predicted molar refractivity (Wildman–Crippen MR) is 136 cm³/mol. The monoisotopic (exact) mass is 535 g/mol. The Bertz CT molecular complexity index is 986. The number of unbranched alkanes of at least 4 members (excludes halogenated alkanes) is 1. The molecule has 1 aromatic rings. The Kier molecular flexibility index (Phi) is 12.0. The van der Waals surface area contributed by atoms with E-state index in [1.54, 1.807) is 12.1 Å². The normalized spacial score (nSPS) is 17.3. The highest BCUT2D eigenvalue weighted by Gasteiger charge is 2.38. The van der Waals surface area contributed by atoms with E-state index in [0.29, 0.717) is 37.8 Å². The first-order valence-corrected chi connectivity index (χ1v) is 12.6. The van der Waals surface area contributed by atoms with Gasteiger partial charge in [-0.05, 0) is 56.3 Å². The fourth-order valence-corrected chi connectivity index (χ4v) is 4.28. The maximum absolute atomic E-state index is 13.4. The molecular formula is C25H37N5O8. The van der Waals surface area contributed by atoms with E-state index in [0.717, 1.165) is 4.90 Å². The van der Waals surface area contributed by atoms with Crippen LogP contribution >= 0.6 is 0 Å². The molecule has 1 aromatic carbocycles. The number of carboxylic acids is 2. The molecule has 38 heavy (non-hydrogen) atoms. The smallest absolute Gasteiger partial charge is 0.326 e. The lowest BCUT2D eigenvalue weighted by atomic mass is 10.0. The number of nitrogens with two attached hydrogens (primary N) is 2. The van der Waals surface area contributed by atoms with Crippen LogP contribution in [0.15, 0.2) is 24.3 Å². The Morgan fingerprint density at radius 1 is 0.974 bits per heavy atom. The predicted octanol–water partition coefficient (Wildman–Crippen LogP) is -0.699. The van der Waals surface area contributed by atoms with Crippen molar-refractivity contribution < 1.29 is 39.3 Å². The summed E-state index contributed by atoms with van der Waals surface area (Å²) in [5.41, 5.74) is 12.1. The van der Waals surface area contributed by atoms with Gasteiger partial charge in [0.15, 0.2) is 0 Å². The lowest BCUT2D eigenvalue weighted by molar-refractivity contribution is -0.150. The molecule has 0 bridgehead atoms. The summed E-state index contributed by atoms with van der Waals surface area (Å²) in [4.78, 5) is 63.2. The third kappa shape index (κ3) is 9.30. The van der Waals surface area contributed by atoms with E-state index in [1.807, 2.05) is 0 Å². The van der Waals surface area contributed by atoms with Crippen LogP contribution in [0, 0.1) is 0 Å². The topological polar surface area (TPSA) is 225 Å². The van der Waals surface area contributed by atoms with Gasteiger partial charge in [0.2, 0.25) is 17.7 Å². The number of likely N-dealkylation sites (tertiary alicyclic amines) is 1. The molecule has 2 rings (SSSR count). The van der Waals surface area contributed by atoms with Crippen molar-refractivity contribution in [2.45, 2.75) is 75.5 Å². The number of hydrogen-bond donors (Lipinski definition) is 7. The second kappa shape index (κ2) is 14.9. The molecule has 0 aliphatic carbocycles. The van der Waals surface area contributed by atoms with Gasteiger partial charge in [-0.2, -0.15) is 0 Å². The second-order valence-electron chi connectivity index (χ2n) is 9.34. The molecule has 4 atom stereocenters. The van der Waals surface area contributed by atoms with Gasteiger partial charge in [-0.25, -0.2) is 4.79 Å². The molecule has 1 heterocycles. The molecular weight excluding hydrogens is 498 g/mol. The molecule has 0 spiro atoms. The Balaban J connectivity index is 2.23. The van der Waals surface area contributed by atoms with Crippen molar-refractivity contribution >= 4 is 29.7 Å². The van der Waals surface area contributed by atoms with Gasteiger partial charge in [-0.1, -0.05) is 18.6 Å². The number of phenolic OH excluding ortho intramolecular Hbond substituents is 1. The molecule has 4 unspecified atom stereocenters. The number of benzene rings is 1. The fourth-order valence-electron chi connectivity index (χ4n) is 4.28. The molecule has 1 fully saturated rings. The Labute approximate surface area is 220 Å². The van der Waals surface area contributed by atoms with Gasteiger partial charge in [-0.3, -0.25) is 19.2 Å².